The number of nitrogens with one attached hydrogen (secondary N) is 3. The fraction of sp³-hybridized carbons (Fsp3) is 0.810. The van der Waals surface area contributed by atoms with Crippen LogP contribution in [0.4, 0.5) is 0 Å². The molecule has 0 aliphatic carbocycles. The lowest BCUT2D eigenvalue weighted by Gasteiger charge is -2.28. The monoisotopic (exact) mass is 444 g/mol. The van der Waals surface area contributed by atoms with Crippen molar-refractivity contribution in [3.05, 3.63) is 0 Å². The molecule has 10 nitrogen and oxygen atoms in total. The molecule has 0 radical (unpaired) electrons. The molecule has 0 bridgehead atoms. The Labute approximate surface area is 184 Å². The standard InChI is InChI=1S/C21H40N4O6/c1-8-12(6)17(21(30)31)25-18(27)14(9-10(2)3)23-20(29)16(11(4)5)24-19(28)15(22)13(7)26/h10-17,26H,8-9,22H2,1-7H3,(H,23,29)(H,24,28)(H,25,27)(H,30,31). The van der Waals surface area contributed by atoms with Gasteiger partial charge >= 0.3 is 5.97 Å². The molecule has 0 aromatic carbocycles. The third-order valence-corrected chi connectivity index (χ3v) is 5.19. The zero-order chi connectivity index (χ0) is 24.5. The highest BCUT2D eigenvalue weighted by atomic mass is 16.4. The largest absolute Gasteiger partial charge is 0.480 e. The minimum Gasteiger partial charge on any atom is -0.480 e. The number of carbonyl (C=O) groups is 4. The van der Waals surface area contributed by atoms with Gasteiger partial charge in [0.15, 0.2) is 0 Å². The summed E-state index contributed by atoms with van der Waals surface area (Å²) in [6.45, 7) is 12.1. The highest BCUT2D eigenvalue weighted by molar-refractivity contribution is 5.94. The quantitative estimate of drug-likeness (QED) is 0.232. The second-order valence-corrected chi connectivity index (χ2v) is 8.90. The summed E-state index contributed by atoms with van der Waals surface area (Å²) in [6, 6.07) is -4.23. The molecular formula is C21H40N4O6. The molecule has 0 aliphatic heterocycles. The van der Waals surface area contributed by atoms with Crippen LogP contribution in [-0.4, -0.2) is 64.2 Å². The van der Waals surface area contributed by atoms with E-state index in [1.54, 1.807) is 20.8 Å². The van der Waals surface area contributed by atoms with Gasteiger partial charge in [-0.05, 0) is 31.1 Å². The minimum absolute atomic E-state index is 0.0404. The van der Waals surface area contributed by atoms with Crippen molar-refractivity contribution in [2.45, 2.75) is 91.6 Å². The Balaban J connectivity index is 5.50. The van der Waals surface area contributed by atoms with E-state index >= 15 is 0 Å². The number of carbonyl (C=O) groups excluding carboxylic acids is 3. The predicted octanol–water partition coefficient (Wildman–Crippen LogP) is -0.0183. The number of aliphatic hydroxyl groups excluding tert-OH is 1. The van der Waals surface area contributed by atoms with E-state index in [9.17, 15) is 29.4 Å². The summed E-state index contributed by atoms with van der Waals surface area (Å²) in [4.78, 5) is 49.5. The van der Waals surface area contributed by atoms with Crippen molar-refractivity contribution in [2.75, 3.05) is 0 Å². The lowest BCUT2D eigenvalue weighted by molar-refractivity contribution is -0.144. The highest BCUT2D eigenvalue weighted by Crippen LogP contribution is 2.12. The first-order chi connectivity index (χ1) is 14.2. The van der Waals surface area contributed by atoms with Gasteiger partial charge < -0.3 is 31.9 Å². The van der Waals surface area contributed by atoms with Crippen LogP contribution < -0.4 is 21.7 Å². The van der Waals surface area contributed by atoms with Crippen molar-refractivity contribution in [3.8, 4) is 0 Å². The molecule has 0 rings (SSSR count). The van der Waals surface area contributed by atoms with Crippen molar-refractivity contribution < 1.29 is 29.4 Å². The molecule has 0 saturated carbocycles. The number of amides is 3. The maximum Gasteiger partial charge on any atom is 0.326 e. The maximum absolute atomic E-state index is 12.9. The summed E-state index contributed by atoms with van der Waals surface area (Å²) >= 11 is 0. The van der Waals surface area contributed by atoms with E-state index in [2.05, 4.69) is 16.0 Å². The second kappa shape index (κ2) is 13.3. The van der Waals surface area contributed by atoms with Crippen LogP contribution in [0.2, 0.25) is 0 Å². The normalized spacial score (nSPS) is 17.3. The number of carboxylic acids is 1. The Morgan fingerprint density at radius 3 is 1.74 bits per heavy atom. The van der Waals surface area contributed by atoms with Crippen LogP contribution in [0, 0.1) is 17.8 Å². The van der Waals surface area contributed by atoms with Gasteiger partial charge in [-0.15, -0.1) is 0 Å². The summed E-state index contributed by atoms with van der Waals surface area (Å²) in [6.07, 6.45) is -0.247. The first-order valence-electron chi connectivity index (χ1n) is 10.8. The zero-order valence-electron chi connectivity index (χ0n) is 19.6. The van der Waals surface area contributed by atoms with Gasteiger partial charge in [-0.3, -0.25) is 14.4 Å². The molecule has 6 unspecified atom stereocenters. The van der Waals surface area contributed by atoms with E-state index in [4.69, 9.17) is 5.73 Å². The molecule has 10 heteroatoms. The van der Waals surface area contributed by atoms with Gasteiger partial charge in [0.2, 0.25) is 17.7 Å². The van der Waals surface area contributed by atoms with Gasteiger partial charge in [0.1, 0.15) is 24.2 Å². The van der Waals surface area contributed by atoms with Gasteiger partial charge in [-0.25, -0.2) is 4.79 Å². The molecule has 0 saturated heterocycles. The first kappa shape index (κ1) is 28.8. The fourth-order valence-electron chi connectivity index (χ4n) is 2.90. The summed E-state index contributed by atoms with van der Waals surface area (Å²) in [5, 5.41) is 26.6. The molecule has 0 spiro atoms. The number of hydrogen-bond acceptors (Lipinski definition) is 6. The number of aliphatic hydroxyl groups is 1. The molecule has 180 valence electrons. The summed E-state index contributed by atoms with van der Waals surface area (Å²) in [5.74, 6) is -3.57. The topological polar surface area (TPSA) is 171 Å². The number of rotatable bonds is 13. The van der Waals surface area contributed by atoms with Gasteiger partial charge in [-0.2, -0.15) is 0 Å². The Bertz CT molecular complexity index is 623. The van der Waals surface area contributed by atoms with Crippen LogP contribution in [0.1, 0.15) is 61.3 Å². The molecule has 3 amide bonds. The fourth-order valence-corrected chi connectivity index (χ4v) is 2.90. The summed E-state index contributed by atoms with van der Waals surface area (Å²) in [5.41, 5.74) is 5.64. The van der Waals surface area contributed by atoms with Gasteiger partial charge in [0.05, 0.1) is 6.10 Å². The lowest BCUT2D eigenvalue weighted by atomic mass is 9.97. The molecule has 0 aromatic heterocycles. The van der Waals surface area contributed by atoms with E-state index in [1.807, 2.05) is 20.8 Å². The van der Waals surface area contributed by atoms with Crippen LogP contribution in [-0.2, 0) is 19.2 Å². The predicted molar refractivity (Wildman–Crippen MR) is 117 cm³/mol. The molecule has 0 heterocycles. The first-order valence-corrected chi connectivity index (χ1v) is 10.8. The van der Waals surface area contributed by atoms with E-state index in [-0.39, 0.29) is 24.2 Å². The Morgan fingerprint density at radius 2 is 1.35 bits per heavy atom. The van der Waals surface area contributed by atoms with Crippen LogP contribution in [0.25, 0.3) is 0 Å². The van der Waals surface area contributed by atoms with Crippen LogP contribution in [0.5, 0.6) is 0 Å². The van der Waals surface area contributed by atoms with Crippen molar-refractivity contribution in [1.29, 1.82) is 0 Å². The zero-order valence-corrected chi connectivity index (χ0v) is 19.6. The van der Waals surface area contributed by atoms with Crippen LogP contribution in [0.15, 0.2) is 0 Å². The summed E-state index contributed by atoms with van der Waals surface area (Å²) < 4.78 is 0. The third kappa shape index (κ3) is 9.65. The molecule has 0 aliphatic rings. The van der Waals surface area contributed by atoms with E-state index in [0.717, 1.165) is 0 Å². The average molecular weight is 445 g/mol. The van der Waals surface area contributed by atoms with Crippen molar-refractivity contribution in [3.63, 3.8) is 0 Å². The lowest BCUT2D eigenvalue weighted by Crippen LogP contribution is -2.59. The molecular weight excluding hydrogens is 404 g/mol. The second-order valence-electron chi connectivity index (χ2n) is 8.90. The Hall–Kier alpha value is -2.20. The number of aliphatic carboxylic acids is 1. The third-order valence-electron chi connectivity index (χ3n) is 5.19. The van der Waals surface area contributed by atoms with Gasteiger partial charge in [0.25, 0.3) is 0 Å². The van der Waals surface area contributed by atoms with Crippen molar-refractivity contribution >= 4 is 23.7 Å². The van der Waals surface area contributed by atoms with Gasteiger partial charge in [0, 0.05) is 0 Å². The SMILES string of the molecule is CCC(C)C(NC(=O)C(CC(C)C)NC(=O)C(NC(=O)C(N)C(C)O)C(C)C)C(=O)O. The highest BCUT2D eigenvalue weighted by Gasteiger charge is 2.33. The molecule has 7 N–H and O–H groups in total. The number of carboxylic acid groups (broad SMARTS) is 1. The smallest absolute Gasteiger partial charge is 0.326 e. The molecule has 31 heavy (non-hydrogen) atoms. The molecule has 0 aromatic rings. The van der Waals surface area contributed by atoms with Crippen LogP contribution >= 0.6 is 0 Å². The number of nitrogens with two attached hydrogens (primary N) is 1. The van der Waals surface area contributed by atoms with E-state index < -0.39 is 54.0 Å². The van der Waals surface area contributed by atoms with E-state index in [1.165, 1.54) is 6.92 Å². The van der Waals surface area contributed by atoms with Gasteiger partial charge in [-0.1, -0.05) is 48.0 Å². The Morgan fingerprint density at radius 1 is 0.839 bits per heavy atom. The Kier molecular flexibility index (Phi) is 12.3. The van der Waals surface area contributed by atoms with Crippen molar-refractivity contribution in [1.82, 2.24) is 16.0 Å². The van der Waals surface area contributed by atoms with Crippen molar-refractivity contribution in [2.24, 2.45) is 23.5 Å². The minimum atomic E-state index is -1.20. The maximum atomic E-state index is 12.9. The number of hydrogen-bond donors (Lipinski definition) is 6. The average Bonchev–Trinajstić information content (AvgIpc) is 2.66. The van der Waals surface area contributed by atoms with E-state index in [0.29, 0.717) is 6.42 Å². The molecule has 6 atom stereocenters. The molecule has 0 fully saturated rings. The summed E-state index contributed by atoms with van der Waals surface area (Å²) in [7, 11) is 0. The van der Waals surface area contributed by atoms with Crippen LogP contribution in [0.3, 0.4) is 0 Å².